The summed E-state index contributed by atoms with van der Waals surface area (Å²) in [5.41, 5.74) is 0. The standard InChI is InChI=1S/C32H61NO12/c1-2-3-4-5-6-7-8-9-10-11-12-13-14-17-24(36)33-18-15-16-19-42-31-29(41)27(39)30(23(21-35)44-31)45-32-28(40)26(38)25(37)22(20-34)43-32/h22-23,25-32,34-35,37-41H,2-21H2,1H3,(H,33,36)/t22-,23-,25+,26+,27-,28-,29-,30-,31-,32+/m1/s1. The van der Waals surface area contributed by atoms with E-state index in [2.05, 4.69) is 12.2 Å². The van der Waals surface area contributed by atoms with E-state index in [9.17, 15) is 40.5 Å². The van der Waals surface area contributed by atoms with Gasteiger partial charge in [0.15, 0.2) is 12.6 Å². The Kier molecular flexibility index (Phi) is 20.9. The molecule has 13 nitrogen and oxygen atoms in total. The lowest BCUT2D eigenvalue weighted by Gasteiger charge is -2.45. The van der Waals surface area contributed by atoms with Gasteiger partial charge in [-0.15, -0.1) is 0 Å². The first-order valence-corrected chi connectivity index (χ1v) is 17.2. The molecule has 0 saturated carbocycles. The predicted molar refractivity (Wildman–Crippen MR) is 165 cm³/mol. The van der Waals surface area contributed by atoms with Crippen molar-refractivity contribution in [3.8, 4) is 0 Å². The normalized spacial score (nSPS) is 32.1. The largest absolute Gasteiger partial charge is 0.394 e. The van der Waals surface area contributed by atoms with E-state index in [4.69, 9.17) is 18.9 Å². The number of carbonyl (C=O) groups excluding carboxylic acids is 1. The predicted octanol–water partition coefficient (Wildman–Crippen LogP) is 1.00. The molecule has 0 aromatic heterocycles. The molecule has 0 radical (unpaired) electrons. The quantitative estimate of drug-likeness (QED) is 0.0688. The lowest BCUT2D eigenvalue weighted by Crippen LogP contribution is -2.64. The Bertz CT molecular complexity index is 760. The van der Waals surface area contributed by atoms with Crippen LogP contribution < -0.4 is 5.32 Å². The minimum atomic E-state index is -1.73. The van der Waals surface area contributed by atoms with Crippen molar-refractivity contribution in [2.45, 2.75) is 171 Å². The summed E-state index contributed by atoms with van der Waals surface area (Å²) in [4.78, 5) is 12.1. The maximum Gasteiger partial charge on any atom is 0.219 e. The van der Waals surface area contributed by atoms with Crippen molar-refractivity contribution in [1.82, 2.24) is 5.32 Å². The first-order chi connectivity index (χ1) is 21.7. The third-order valence-corrected chi connectivity index (χ3v) is 8.64. The molecule has 8 N–H and O–H groups in total. The van der Waals surface area contributed by atoms with E-state index in [1.807, 2.05) is 0 Å². The van der Waals surface area contributed by atoms with Crippen LogP contribution in [0.25, 0.3) is 0 Å². The van der Waals surface area contributed by atoms with E-state index in [0.29, 0.717) is 25.8 Å². The molecule has 45 heavy (non-hydrogen) atoms. The fourth-order valence-corrected chi connectivity index (χ4v) is 5.74. The van der Waals surface area contributed by atoms with Crippen LogP contribution >= 0.6 is 0 Å². The van der Waals surface area contributed by atoms with E-state index in [1.54, 1.807) is 0 Å². The molecule has 10 atom stereocenters. The van der Waals surface area contributed by atoms with Crippen molar-refractivity contribution in [1.29, 1.82) is 0 Å². The molecule has 2 aliphatic heterocycles. The molecule has 2 aliphatic rings. The van der Waals surface area contributed by atoms with Gasteiger partial charge in [-0.3, -0.25) is 4.79 Å². The van der Waals surface area contributed by atoms with Gasteiger partial charge in [0.1, 0.15) is 48.8 Å². The van der Waals surface area contributed by atoms with Crippen LogP contribution in [0.5, 0.6) is 0 Å². The third kappa shape index (κ3) is 14.4. The first kappa shape index (κ1) is 40.2. The Morgan fingerprint density at radius 1 is 0.622 bits per heavy atom. The molecule has 0 aromatic rings. The summed E-state index contributed by atoms with van der Waals surface area (Å²) in [6.45, 7) is 1.61. The first-order valence-electron chi connectivity index (χ1n) is 17.2. The van der Waals surface area contributed by atoms with Crippen LogP contribution in [0, 0.1) is 0 Å². The lowest BCUT2D eigenvalue weighted by atomic mass is 9.97. The van der Waals surface area contributed by atoms with Gasteiger partial charge in [-0.05, 0) is 19.3 Å². The number of unbranched alkanes of at least 4 members (excludes halogenated alkanes) is 13. The zero-order valence-corrected chi connectivity index (χ0v) is 27.1. The summed E-state index contributed by atoms with van der Waals surface area (Å²) < 4.78 is 22.0. The van der Waals surface area contributed by atoms with Crippen LogP contribution in [0.1, 0.15) is 110 Å². The van der Waals surface area contributed by atoms with Gasteiger partial charge in [0.2, 0.25) is 5.91 Å². The molecule has 266 valence electrons. The van der Waals surface area contributed by atoms with Gasteiger partial charge in [-0.1, -0.05) is 84.0 Å². The summed E-state index contributed by atoms with van der Waals surface area (Å²) in [5, 5.41) is 73.4. The fourth-order valence-electron chi connectivity index (χ4n) is 5.74. The molecule has 0 unspecified atom stereocenters. The number of hydrogen-bond donors (Lipinski definition) is 8. The van der Waals surface area contributed by atoms with Crippen LogP contribution in [-0.2, 0) is 23.7 Å². The summed E-state index contributed by atoms with van der Waals surface area (Å²) >= 11 is 0. The molecular formula is C32H61NO12. The number of rotatable bonds is 24. The Balaban J connectivity index is 1.54. The van der Waals surface area contributed by atoms with Gasteiger partial charge in [0.25, 0.3) is 0 Å². The molecule has 0 spiro atoms. The van der Waals surface area contributed by atoms with Crippen LogP contribution in [0.15, 0.2) is 0 Å². The Labute approximate surface area is 268 Å². The monoisotopic (exact) mass is 651 g/mol. The number of amides is 1. The van der Waals surface area contributed by atoms with Crippen LogP contribution in [0.3, 0.4) is 0 Å². The van der Waals surface area contributed by atoms with E-state index in [0.717, 1.165) is 12.8 Å². The summed E-state index contributed by atoms with van der Waals surface area (Å²) in [5.74, 6) is 0.0318. The third-order valence-electron chi connectivity index (χ3n) is 8.64. The summed E-state index contributed by atoms with van der Waals surface area (Å²) in [7, 11) is 0. The topological polar surface area (TPSA) is 208 Å². The second-order valence-electron chi connectivity index (χ2n) is 12.4. The number of aliphatic hydroxyl groups excluding tert-OH is 7. The lowest BCUT2D eigenvalue weighted by molar-refractivity contribution is -0.359. The van der Waals surface area contributed by atoms with E-state index >= 15 is 0 Å². The number of carbonyl (C=O) groups is 1. The Morgan fingerprint density at radius 2 is 1.16 bits per heavy atom. The molecule has 0 bridgehead atoms. The van der Waals surface area contributed by atoms with Crippen LogP contribution in [-0.4, -0.2) is 129 Å². The second-order valence-corrected chi connectivity index (χ2v) is 12.4. The average molecular weight is 652 g/mol. The van der Waals surface area contributed by atoms with Crippen molar-refractivity contribution in [3.05, 3.63) is 0 Å². The molecule has 2 heterocycles. The summed E-state index contributed by atoms with van der Waals surface area (Å²) in [6, 6.07) is 0. The molecule has 2 saturated heterocycles. The highest BCUT2D eigenvalue weighted by Crippen LogP contribution is 2.29. The maximum absolute atomic E-state index is 12.1. The van der Waals surface area contributed by atoms with E-state index in [-0.39, 0.29) is 12.5 Å². The average Bonchev–Trinajstić information content (AvgIpc) is 3.04. The van der Waals surface area contributed by atoms with Crippen molar-refractivity contribution in [2.75, 3.05) is 26.4 Å². The number of ether oxygens (including phenoxy) is 4. The highest BCUT2D eigenvalue weighted by Gasteiger charge is 2.50. The van der Waals surface area contributed by atoms with Crippen LogP contribution in [0.4, 0.5) is 0 Å². The van der Waals surface area contributed by atoms with E-state index in [1.165, 1.54) is 70.6 Å². The summed E-state index contributed by atoms with van der Waals surface area (Å²) in [6.07, 6.45) is 3.29. The smallest absolute Gasteiger partial charge is 0.219 e. The van der Waals surface area contributed by atoms with Gasteiger partial charge < -0.3 is 60.0 Å². The molecule has 2 fully saturated rings. The molecule has 2 rings (SSSR count). The Hall–Kier alpha value is -0.970. The van der Waals surface area contributed by atoms with E-state index < -0.39 is 74.6 Å². The molecule has 0 aliphatic carbocycles. The van der Waals surface area contributed by atoms with Gasteiger partial charge in [-0.25, -0.2) is 0 Å². The highest BCUT2D eigenvalue weighted by atomic mass is 16.7. The molecular weight excluding hydrogens is 590 g/mol. The van der Waals surface area contributed by atoms with Crippen molar-refractivity contribution in [2.24, 2.45) is 0 Å². The Morgan fingerprint density at radius 3 is 1.73 bits per heavy atom. The number of nitrogens with one attached hydrogen (secondary N) is 1. The second kappa shape index (κ2) is 23.4. The fraction of sp³-hybridized carbons (Fsp3) is 0.969. The van der Waals surface area contributed by atoms with Gasteiger partial charge in [0.05, 0.1) is 13.2 Å². The molecule has 0 aromatic carbocycles. The van der Waals surface area contributed by atoms with Gasteiger partial charge in [0, 0.05) is 19.6 Å². The van der Waals surface area contributed by atoms with Gasteiger partial charge >= 0.3 is 0 Å². The zero-order valence-electron chi connectivity index (χ0n) is 27.1. The van der Waals surface area contributed by atoms with Crippen molar-refractivity contribution >= 4 is 5.91 Å². The SMILES string of the molecule is CCCCCCCCCCCCCCCC(=O)NCCCCO[C@@H]1O[C@H](CO)[C@@H](O[C@@H]2O[C@H](CO)[C@H](O)[C@H](O)[C@H]2O)[C@H](O)[C@H]1O. The molecule has 1 amide bonds. The van der Waals surface area contributed by atoms with Crippen molar-refractivity contribution < 1.29 is 59.5 Å². The van der Waals surface area contributed by atoms with Crippen LogP contribution in [0.2, 0.25) is 0 Å². The zero-order chi connectivity index (χ0) is 33.0. The molecule has 13 heteroatoms. The minimum absolute atomic E-state index is 0.0318. The van der Waals surface area contributed by atoms with Gasteiger partial charge in [-0.2, -0.15) is 0 Å². The highest BCUT2D eigenvalue weighted by molar-refractivity contribution is 5.75. The minimum Gasteiger partial charge on any atom is -0.394 e. The number of aliphatic hydroxyl groups is 7. The maximum atomic E-state index is 12.1. The number of hydrogen-bond acceptors (Lipinski definition) is 12. The van der Waals surface area contributed by atoms with Crippen molar-refractivity contribution in [3.63, 3.8) is 0 Å².